The van der Waals surface area contributed by atoms with Gasteiger partial charge in [-0.25, -0.2) is 4.79 Å². The van der Waals surface area contributed by atoms with Gasteiger partial charge in [0.05, 0.1) is 11.7 Å². The summed E-state index contributed by atoms with van der Waals surface area (Å²) in [6.45, 7) is 3.13. The number of aliphatic hydroxyl groups is 2. The van der Waals surface area contributed by atoms with Crippen LogP contribution in [0, 0.1) is 0 Å². The Kier molecular flexibility index (Phi) is 2.85. The first kappa shape index (κ1) is 9.95. The van der Waals surface area contributed by atoms with Crippen LogP contribution in [0.15, 0.2) is 23.5 Å². The lowest BCUT2D eigenvalue weighted by atomic mass is 10.1. The van der Waals surface area contributed by atoms with Gasteiger partial charge in [-0.3, -0.25) is 0 Å². The molecule has 0 radical (unpaired) electrons. The maximum atomic E-state index is 11.1. The minimum atomic E-state index is -1.18. The van der Waals surface area contributed by atoms with Gasteiger partial charge in [-0.05, 0) is 26.0 Å². The van der Waals surface area contributed by atoms with Crippen LogP contribution in [0.4, 0.5) is 0 Å². The van der Waals surface area contributed by atoms with Crippen molar-refractivity contribution >= 4 is 5.97 Å². The Morgan fingerprint density at radius 1 is 1.54 bits per heavy atom. The lowest BCUT2D eigenvalue weighted by Gasteiger charge is -2.11. The van der Waals surface area contributed by atoms with E-state index < -0.39 is 18.2 Å². The summed E-state index contributed by atoms with van der Waals surface area (Å²) in [7, 11) is 0. The van der Waals surface area contributed by atoms with Crippen molar-refractivity contribution in [1.82, 2.24) is 0 Å². The predicted octanol–water partition coefficient (Wildman–Crippen LogP) is 0.115. The van der Waals surface area contributed by atoms with Gasteiger partial charge in [0, 0.05) is 0 Å². The maximum Gasteiger partial charge on any atom is 0.342 e. The van der Waals surface area contributed by atoms with E-state index in [4.69, 9.17) is 9.84 Å². The first-order valence-electron chi connectivity index (χ1n) is 4.02. The molecule has 0 bridgehead atoms. The summed E-state index contributed by atoms with van der Waals surface area (Å²) in [6.07, 6.45) is 0.888. The Labute approximate surface area is 76.1 Å². The number of hydrogen-bond donors (Lipinski definition) is 2. The van der Waals surface area contributed by atoms with Crippen molar-refractivity contribution in [1.29, 1.82) is 0 Å². The minimum Gasteiger partial charge on any atom is -0.423 e. The SMILES string of the molecule is CC=C1C=C([C@H](O)[C@@H](C)O)C(=O)O1. The second kappa shape index (κ2) is 3.72. The molecule has 0 unspecified atom stereocenters. The van der Waals surface area contributed by atoms with Crippen molar-refractivity contribution in [3.05, 3.63) is 23.5 Å². The maximum absolute atomic E-state index is 11.1. The van der Waals surface area contributed by atoms with E-state index in [-0.39, 0.29) is 5.57 Å². The molecule has 0 spiro atoms. The summed E-state index contributed by atoms with van der Waals surface area (Å²) in [6, 6.07) is 0. The lowest BCUT2D eigenvalue weighted by molar-refractivity contribution is -0.134. The van der Waals surface area contributed by atoms with Gasteiger partial charge in [-0.1, -0.05) is 0 Å². The van der Waals surface area contributed by atoms with Crippen molar-refractivity contribution in [2.75, 3.05) is 0 Å². The Balaban J connectivity index is 2.86. The van der Waals surface area contributed by atoms with E-state index in [1.807, 2.05) is 0 Å². The van der Waals surface area contributed by atoms with Crippen molar-refractivity contribution < 1.29 is 19.7 Å². The van der Waals surface area contributed by atoms with Crippen molar-refractivity contribution in [2.24, 2.45) is 0 Å². The minimum absolute atomic E-state index is 0.100. The number of carbonyl (C=O) groups is 1. The van der Waals surface area contributed by atoms with Gasteiger partial charge in [0.1, 0.15) is 11.9 Å². The second-order valence-electron chi connectivity index (χ2n) is 2.87. The summed E-state index contributed by atoms with van der Waals surface area (Å²) in [5.41, 5.74) is 0.100. The molecule has 1 heterocycles. The number of hydrogen-bond acceptors (Lipinski definition) is 4. The summed E-state index contributed by atoms with van der Waals surface area (Å²) in [5.74, 6) is -0.193. The number of esters is 1. The quantitative estimate of drug-likeness (QED) is 0.598. The molecule has 0 saturated carbocycles. The van der Waals surface area contributed by atoms with Crippen LogP contribution in [0.25, 0.3) is 0 Å². The summed E-state index contributed by atoms with van der Waals surface area (Å²) < 4.78 is 4.75. The van der Waals surface area contributed by atoms with Gasteiger partial charge in [0.2, 0.25) is 0 Å². The average molecular weight is 184 g/mol. The molecule has 0 saturated heterocycles. The highest BCUT2D eigenvalue weighted by Gasteiger charge is 2.29. The number of ether oxygens (including phenoxy) is 1. The van der Waals surface area contributed by atoms with Crippen LogP contribution in [-0.4, -0.2) is 28.4 Å². The molecule has 0 aromatic rings. The largest absolute Gasteiger partial charge is 0.423 e. The van der Waals surface area contributed by atoms with E-state index >= 15 is 0 Å². The highest BCUT2D eigenvalue weighted by molar-refractivity contribution is 5.93. The Morgan fingerprint density at radius 2 is 2.15 bits per heavy atom. The summed E-state index contributed by atoms with van der Waals surface area (Å²) in [5, 5.41) is 18.4. The number of cyclic esters (lactones) is 1. The standard InChI is InChI=1S/C9H12O4/c1-3-6-4-7(9(12)13-6)8(11)5(2)10/h3-5,8,10-11H,1-2H3/t5-,8-/m1/s1. The van der Waals surface area contributed by atoms with E-state index in [1.165, 1.54) is 13.0 Å². The fraction of sp³-hybridized carbons (Fsp3) is 0.444. The van der Waals surface area contributed by atoms with Gasteiger partial charge in [-0.2, -0.15) is 0 Å². The van der Waals surface area contributed by atoms with E-state index in [0.29, 0.717) is 5.76 Å². The van der Waals surface area contributed by atoms with Crippen molar-refractivity contribution in [3.8, 4) is 0 Å². The molecule has 72 valence electrons. The van der Waals surface area contributed by atoms with E-state index in [9.17, 15) is 9.90 Å². The van der Waals surface area contributed by atoms with Gasteiger partial charge in [0.25, 0.3) is 0 Å². The molecular formula is C9H12O4. The second-order valence-corrected chi connectivity index (χ2v) is 2.87. The molecule has 0 fully saturated rings. The molecule has 4 heteroatoms. The van der Waals surface area contributed by atoms with Crippen LogP contribution >= 0.6 is 0 Å². The first-order valence-corrected chi connectivity index (χ1v) is 4.02. The molecule has 4 nitrogen and oxygen atoms in total. The van der Waals surface area contributed by atoms with Crippen LogP contribution in [0.3, 0.4) is 0 Å². The zero-order valence-electron chi connectivity index (χ0n) is 7.52. The summed E-state index contributed by atoms with van der Waals surface area (Å²) in [4.78, 5) is 11.1. The third-order valence-electron chi connectivity index (χ3n) is 1.80. The predicted molar refractivity (Wildman–Crippen MR) is 45.6 cm³/mol. The van der Waals surface area contributed by atoms with Crippen LogP contribution in [0.1, 0.15) is 13.8 Å². The molecule has 0 aliphatic carbocycles. The molecule has 0 aromatic carbocycles. The molecule has 1 aliphatic rings. The highest BCUT2D eigenvalue weighted by Crippen LogP contribution is 2.21. The third kappa shape index (κ3) is 1.96. The fourth-order valence-electron chi connectivity index (χ4n) is 1.02. The average Bonchev–Trinajstić information content (AvgIpc) is 2.45. The smallest absolute Gasteiger partial charge is 0.342 e. The van der Waals surface area contributed by atoms with Crippen LogP contribution in [0.5, 0.6) is 0 Å². The van der Waals surface area contributed by atoms with Gasteiger partial charge in [-0.15, -0.1) is 0 Å². The van der Waals surface area contributed by atoms with E-state index in [2.05, 4.69) is 0 Å². The topological polar surface area (TPSA) is 66.8 Å². The number of aliphatic hydroxyl groups excluding tert-OH is 2. The molecule has 1 aliphatic heterocycles. The van der Waals surface area contributed by atoms with Crippen molar-refractivity contribution in [3.63, 3.8) is 0 Å². The van der Waals surface area contributed by atoms with Crippen LogP contribution < -0.4 is 0 Å². The number of allylic oxidation sites excluding steroid dienone is 2. The van der Waals surface area contributed by atoms with Gasteiger partial charge < -0.3 is 14.9 Å². The zero-order valence-corrected chi connectivity index (χ0v) is 7.52. The third-order valence-corrected chi connectivity index (χ3v) is 1.80. The molecule has 0 aromatic heterocycles. The van der Waals surface area contributed by atoms with Crippen LogP contribution in [-0.2, 0) is 9.53 Å². The van der Waals surface area contributed by atoms with E-state index in [0.717, 1.165) is 0 Å². The van der Waals surface area contributed by atoms with E-state index in [1.54, 1.807) is 13.0 Å². The Morgan fingerprint density at radius 3 is 2.54 bits per heavy atom. The fourth-order valence-corrected chi connectivity index (χ4v) is 1.02. The first-order chi connectivity index (χ1) is 6.06. The molecular weight excluding hydrogens is 172 g/mol. The van der Waals surface area contributed by atoms with Crippen molar-refractivity contribution in [2.45, 2.75) is 26.1 Å². The van der Waals surface area contributed by atoms with Crippen LogP contribution in [0.2, 0.25) is 0 Å². The lowest BCUT2D eigenvalue weighted by Crippen LogP contribution is -2.27. The Hall–Kier alpha value is -1.13. The molecule has 1 rings (SSSR count). The molecule has 0 amide bonds. The normalized spacial score (nSPS) is 24.2. The highest BCUT2D eigenvalue weighted by atomic mass is 16.5. The zero-order chi connectivity index (χ0) is 10.0. The summed E-state index contributed by atoms with van der Waals surface area (Å²) >= 11 is 0. The number of carbonyl (C=O) groups excluding carboxylic acids is 1. The molecule has 2 atom stereocenters. The Bertz CT molecular complexity index is 275. The molecule has 13 heavy (non-hydrogen) atoms. The number of rotatable bonds is 2. The molecule has 2 N–H and O–H groups in total. The van der Waals surface area contributed by atoms with Gasteiger partial charge >= 0.3 is 5.97 Å². The monoisotopic (exact) mass is 184 g/mol. The van der Waals surface area contributed by atoms with Gasteiger partial charge in [0.15, 0.2) is 0 Å².